The molecule has 1 N–H and O–H groups in total. The molecule has 1 amide bonds. The van der Waals surface area contributed by atoms with Gasteiger partial charge in [-0.2, -0.15) is 0 Å². The molecule has 2 aromatic carbocycles. The lowest BCUT2D eigenvalue weighted by Gasteiger charge is -2.22. The smallest absolute Gasteiger partial charge is 0.234 e. The van der Waals surface area contributed by atoms with Crippen molar-refractivity contribution in [3.63, 3.8) is 0 Å². The summed E-state index contributed by atoms with van der Waals surface area (Å²) in [5.41, 5.74) is 2.27. The molecule has 0 heterocycles. The van der Waals surface area contributed by atoms with E-state index in [0.717, 1.165) is 18.5 Å². The molecule has 0 aromatic heterocycles. The van der Waals surface area contributed by atoms with Crippen LogP contribution in [0.3, 0.4) is 0 Å². The predicted molar refractivity (Wildman–Crippen MR) is 97.6 cm³/mol. The topological polar surface area (TPSA) is 32.3 Å². The molecule has 4 heteroatoms. The summed E-state index contributed by atoms with van der Waals surface area (Å²) in [4.78, 5) is 14.4. The van der Waals surface area contributed by atoms with Gasteiger partial charge in [-0.25, -0.2) is 4.39 Å². The normalized spacial score (nSPS) is 13.8. The number of carbonyl (C=O) groups excluding carboxylic acids is 1. The molecule has 1 aliphatic rings. The molecule has 1 fully saturated rings. The number of hydrogen-bond acceptors (Lipinski definition) is 2. The second-order valence-electron chi connectivity index (χ2n) is 6.83. The number of carbonyl (C=O) groups is 1. The molecular formula is C21H25FN2O. The zero-order valence-electron chi connectivity index (χ0n) is 14.5. The number of amides is 1. The fourth-order valence-corrected chi connectivity index (χ4v) is 2.95. The molecule has 0 saturated heterocycles. The van der Waals surface area contributed by atoms with Crippen LogP contribution in [0.5, 0.6) is 0 Å². The molecule has 0 spiro atoms. The molecule has 0 unspecified atom stereocenters. The molecule has 25 heavy (non-hydrogen) atoms. The molecular weight excluding hydrogens is 315 g/mol. The Morgan fingerprint density at radius 2 is 1.76 bits per heavy atom. The molecule has 3 rings (SSSR count). The standard InChI is InChI=1S/C21H25FN2O/c22-20-10-8-19(9-11-20)15-24(14-18-6-7-18)16-21(25)23-13-12-17-4-2-1-3-5-17/h1-5,8-11,18H,6-7,12-16H2,(H,23,25). The van der Waals surface area contributed by atoms with Gasteiger partial charge in [0.15, 0.2) is 0 Å². The highest BCUT2D eigenvalue weighted by Gasteiger charge is 2.25. The van der Waals surface area contributed by atoms with Crippen molar-refractivity contribution in [3.05, 3.63) is 71.5 Å². The maximum absolute atomic E-state index is 13.1. The number of hydrogen-bond donors (Lipinski definition) is 1. The second kappa shape index (κ2) is 8.77. The minimum absolute atomic E-state index is 0.0543. The summed E-state index contributed by atoms with van der Waals surface area (Å²) >= 11 is 0. The minimum atomic E-state index is -0.226. The third kappa shape index (κ3) is 6.31. The van der Waals surface area contributed by atoms with Crippen LogP contribution in [0.4, 0.5) is 4.39 Å². The van der Waals surface area contributed by atoms with Crippen LogP contribution in [0.15, 0.2) is 54.6 Å². The van der Waals surface area contributed by atoms with E-state index in [9.17, 15) is 9.18 Å². The van der Waals surface area contributed by atoms with Crippen molar-refractivity contribution in [1.82, 2.24) is 10.2 Å². The largest absolute Gasteiger partial charge is 0.355 e. The number of halogens is 1. The molecule has 132 valence electrons. The van der Waals surface area contributed by atoms with Gasteiger partial charge in [-0.3, -0.25) is 9.69 Å². The van der Waals surface area contributed by atoms with E-state index >= 15 is 0 Å². The van der Waals surface area contributed by atoms with Gasteiger partial charge in [-0.15, -0.1) is 0 Å². The SMILES string of the molecule is O=C(CN(Cc1ccc(F)cc1)CC1CC1)NCCc1ccccc1. The summed E-state index contributed by atoms with van der Waals surface area (Å²) in [6, 6.07) is 16.7. The number of nitrogens with zero attached hydrogens (tertiary/aromatic N) is 1. The monoisotopic (exact) mass is 340 g/mol. The van der Waals surface area contributed by atoms with Gasteiger partial charge >= 0.3 is 0 Å². The zero-order valence-corrected chi connectivity index (χ0v) is 14.5. The number of rotatable bonds is 9. The molecule has 0 atom stereocenters. The van der Waals surface area contributed by atoms with Gasteiger partial charge in [0.2, 0.25) is 5.91 Å². The van der Waals surface area contributed by atoms with Crippen LogP contribution >= 0.6 is 0 Å². The third-order valence-corrected chi connectivity index (χ3v) is 4.48. The van der Waals surface area contributed by atoms with E-state index in [1.807, 2.05) is 18.2 Å². The Morgan fingerprint density at radius 1 is 1.04 bits per heavy atom. The first-order valence-corrected chi connectivity index (χ1v) is 8.96. The van der Waals surface area contributed by atoms with Gasteiger partial charge in [0, 0.05) is 19.6 Å². The highest BCUT2D eigenvalue weighted by Crippen LogP contribution is 2.30. The summed E-state index contributed by atoms with van der Waals surface area (Å²) in [7, 11) is 0. The Balaban J connectivity index is 1.47. The van der Waals surface area contributed by atoms with Crippen molar-refractivity contribution in [3.8, 4) is 0 Å². The van der Waals surface area contributed by atoms with Gasteiger partial charge < -0.3 is 5.32 Å². The van der Waals surface area contributed by atoms with Gasteiger partial charge in [0.05, 0.1) is 6.54 Å². The molecule has 2 aromatic rings. The molecule has 1 saturated carbocycles. The molecule has 3 nitrogen and oxygen atoms in total. The first-order chi connectivity index (χ1) is 12.2. The van der Waals surface area contributed by atoms with Crippen molar-refractivity contribution in [2.75, 3.05) is 19.6 Å². The average Bonchev–Trinajstić information content (AvgIpc) is 3.42. The quantitative estimate of drug-likeness (QED) is 0.759. The van der Waals surface area contributed by atoms with Gasteiger partial charge in [0.25, 0.3) is 0 Å². The second-order valence-corrected chi connectivity index (χ2v) is 6.83. The predicted octanol–water partition coefficient (Wildman–Crippen LogP) is 3.40. The lowest BCUT2D eigenvalue weighted by atomic mass is 10.1. The summed E-state index contributed by atoms with van der Waals surface area (Å²) in [6.45, 7) is 2.66. The van der Waals surface area contributed by atoms with E-state index in [0.29, 0.717) is 25.6 Å². The Hall–Kier alpha value is -2.20. The van der Waals surface area contributed by atoms with Crippen LogP contribution in [0.2, 0.25) is 0 Å². The van der Waals surface area contributed by atoms with Crippen LogP contribution in [0.25, 0.3) is 0 Å². The van der Waals surface area contributed by atoms with Crippen molar-refractivity contribution < 1.29 is 9.18 Å². The maximum atomic E-state index is 13.1. The van der Waals surface area contributed by atoms with E-state index < -0.39 is 0 Å². The van der Waals surface area contributed by atoms with Crippen LogP contribution in [0, 0.1) is 11.7 Å². The summed E-state index contributed by atoms with van der Waals surface area (Å²) in [6.07, 6.45) is 3.33. The van der Waals surface area contributed by atoms with Gasteiger partial charge in [0.1, 0.15) is 5.82 Å². The molecule has 0 bridgehead atoms. The molecule has 0 radical (unpaired) electrons. The first kappa shape index (κ1) is 17.6. The lowest BCUT2D eigenvalue weighted by Crippen LogP contribution is -2.38. The van der Waals surface area contributed by atoms with Crippen molar-refractivity contribution >= 4 is 5.91 Å². The first-order valence-electron chi connectivity index (χ1n) is 8.96. The number of nitrogens with one attached hydrogen (secondary N) is 1. The third-order valence-electron chi connectivity index (χ3n) is 4.48. The fourth-order valence-electron chi connectivity index (χ4n) is 2.95. The van der Waals surface area contributed by atoms with Crippen molar-refractivity contribution in [2.24, 2.45) is 5.92 Å². The summed E-state index contributed by atoms with van der Waals surface area (Å²) < 4.78 is 13.1. The van der Waals surface area contributed by atoms with E-state index in [-0.39, 0.29) is 11.7 Å². The van der Waals surface area contributed by atoms with E-state index in [4.69, 9.17) is 0 Å². The van der Waals surface area contributed by atoms with Crippen LogP contribution < -0.4 is 5.32 Å². The maximum Gasteiger partial charge on any atom is 0.234 e. The van der Waals surface area contributed by atoms with Crippen LogP contribution in [0.1, 0.15) is 24.0 Å². The van der Waals surface area contributed by atoms with Crippen LogP contribution in [-0.2, 0) is 17.8 Å². The van der Waals surface area contributed by atoms with Crippen LogP contribution in [-0.4, -0.2) is 30.4 Å². The minimum Gasteiger partial charge on any atom is -0.355 e. The summed E-state index contributed by atoms with van der Waals surface area (Å²) in [5.74, 6) is 0.535. The lowest BCUT2D eigenvalue weighted by molar-refractivity contribution is -0.122. The Morgan fingerprint density at radius 3 is 2.44 bits per heavy atom. The van der Waals surface area contributed by atoms with E-state index in [2.05, 4.69) is 22.3 Å². The van der Waals surface area contributed by atoms with Gasteiger partial charge in [-0.05, 0) is 48.4 Å². The Bertz CT molecular complexity index is 668. The van der Waals surface area contributed by atoms with Crippen molar-refractivity contribution in [1.29, 1.82) is 0 Å². The zero-order chi connectivity index (χ0) is 17.5. The average molecular weight is 340 g/mol. The highest BCUT2D eigenvalue weighted by molar-refractivity contribution is 5.78. The fraction of sp³-hybridized carbons (Fsp3) is 0.381. The molecule has 0 aliphatic heterocycles. The molecule has 1 aliphatic carbocycles. The van der Waals surface area contributed by atoms with Gasteiger partial charge in [-0.1, -0.05) is 42.5 Å². The Kier molecular flexibility index (Phi) is 6.18. The van der Waals surface area contributed by atoms with Crippen molar-refractivity contribution in [2.45, 2.75) is 25.8 Å². The Labute approximate surface area is 148 Å². The van der Waals surface area contributed by atoms with E-state index in [1.54, 1.807) is 12.1 Å². The summed E-state index contributed by atoms with van der Waals surface area (Å²) in [5, 5.41) is 3.01. The highest BCUT2D eigenvalue weighted by atomic mass is 19.1. The number of benzene rings is 2. The van der Waals surface area contributed by atoms with E-state index in [1.165, 1.54) is 30.5 Å².